The van der Waals surface area contributed by atoms with Gasteiger partial charge in [0.05, 0.1) is 35.2 Å². The molecular weight excluding hydrogens is 623 g/mol. The van der Waals surface area contributed by atoms with Gasteiger partial charge in [0.1, 0.15) is 12.4 Å². The van der Waals surface area contributed by atoms with E-state index in [0.29, 0.717) is 0 Å². The Labute approximate surface area is 258 Å². The maximum absolute atomic E-state index is 13.6. The number of alkyl halides is 3. The SMILES string of the molecule is Cc1cccc(S(=O)(=O)N2CCOc3ccc(C(=O)N[C@@H](CC(=O)NC[C@H](C)CO)c4cc(C(F)(F)F)ccc4Cl)cc32)c1. The number of nitrogens with one attached hydrogen (secondary N) is 2. The van der Waals surface area contributed by atoms with Crippen LogP contribution in [0.2, 0.25) is 5.02 Å². The minimum absolute atomic E-state index is 0.0246. The highest BCUT2D eigenvalue weighted by Gasteiger charge is 2.34. The number of benzene rings is 3. The van der Waals surface area contributed by atoms with Crippen LogP contribution in [0.5, 0.6) is 5.75 Å². The van der Waals surface area contributed by atoms with Crippen LogP contribution in [-0.4, -0.2) is 51.6 Å². The van der Waals surface area contributed by atoms with Gasteiger partial charge in [0.2, 0.25) is 5.91 Å². The number of sulfonamides is 1. The maximum atomic E-state index is 13.6. The first-order valence-corrected chi connectivity index (χ1v) is 15.4. The van der Waals surface area contributed by atoms with Crippen LogP contribution in [-0.2, 0) is 21.0 Å². The van der Waals surface area contributed by atoms with E-state index in [0.717, 1.165) is 28.1 Å². The maximum Gasteiger partial charge on any atom is 0.416 e. The third-order valence-corrected chi connectivity index (χ3v) is 9.13. The Morgan fingerprint density at radius 3 is 2.55 bits per heavy atom. The normalized spacial score (nSPS) is 14.7. The van der Waals surface area contributed by atoms with Crippen molar-refractivity contribution >= 4 is 39.1 Å². The third kappa shape index (κ3) is 7.63. The summed E-state index contributed by atoms with van der Waals surface area (Å²) in [6, 6.07) is 11.8. The Balaban J connectivity index is 1.67. The first kappa shape index (κ1) is 33.1. The Morgan fingerprint density at radius 1 is 1.11 bits per heavy atom. The lowest BCUT2D eigenvalue weighted by atomic mass is 9.99. The zero-order chi connectivity index (χ0) is 32.2. The van der Waals surface area contributed by atoms with Crippen molar-refractivity contribution in [3.05, 3.63) is 87.9 Å². The number of hydrogen-bond acceptors (Lipinski definition) is 6. The van der Waals surface area contributed by atoms with E-state index >= 15 is 0 Å². The quantitative estimate of drug-likeness (QED) is 0.287. The number of carbonyl (C=O) groups is 2. The van der Waals surface area contributed by atoms with Gasteiger partial charge in [-0.3, -0.25) is 13.9 Å². The zero-order valence-corrected chi connectivity index (χ0v) is 25.4. The summed E-state index contributed by atoms with van der Waals surface area (Å²) in [6.07, 6.45) is -5.18. The zero-order valence-electron chi connectivity index (χ0n) is 23.8. The minimum Gasteiger partial charge on any atom is -0.489 e. The van der Waals surface area contributed by atoms with Gasteiger partial charge in [-0.25, -0.2) is 8.42 Å². The number of fused-ring (bicyclic) bond motifs is 1. The number of aliphatic hydroxyl groups is 1. The molecule has 0 unspecified atom stereocenters. The third-order valence-electron chi connectivity index (χ3n) is 6.97. The number of nitrogens with zero attached hydrogens (tertiary/aromatic N) is 1. The molecule has 3 aromatic rings. The van der Waals surface area contributed by atoms with Gasteiger partial charge in [-0.05, 0) is 72.5 Å². The minimum atomic E-state index is -4.71. The number of halogens is 4. The Hall–Kier alpha value is -3.81. The number of aliphatic hydroxyl groups excluding tert-OH is 1. The standard InChI is InChI=1S/C30H31ClF3N3O6S/c1-18-4-3-5-22(12-18)44(41,42)37-10-11-43-27-9-6-20(13-26(27)37)29(40)36-25(15-28(39)35-16-19(2)17-38)23-14-21(30(32,33)34)7-8-24(23)31/h3-9,12-14,19,25,38H,10-11,15-17H2,1-2H3,(H,35,39)(H,36,40)/t19-,25-/m0/s1. The predicted molar refractivity (Wildman–Crippen MR) is 158 cm³/mol. The lowest BCUT2D eigenvalue weighted by Gasteiger charge is -2.31. The van der Waals surface area contributed by atoms with Crippen LogP contribution in [0.25, 0.3) is 0 Å². The van der Waals surface area contributed by atoms with Crippen LogP contribution >= 0.6 is 11.6 Å². The molecule has 9 nitrogen and oxygen atoms in total. The van der Waals surface area contributed by atoms with Crippen molar-refractivity contribution in [3.8, 4) is 5.75 Å². The molecule has 2 amide bonds. The number of ether oxygens (including phenoxy) is 1. The summed E-state index contributed by atoms with van der Waals surface area (Å²) in [5, 5.41) is 14.3. The lowest BCUT2D eigenvalue weighted by Crippen LogP contribution is -2.38. The molecule has 3 N–H and O–H groups in total. The number of rotatable bonds is 10. The lowest BCUT2D eigenvalue weighted by molar-refractivity contribution is -0.137. The van der Waals surface area contributed by atoms with E-state index in [4.69, 9.17) is 16.3 Å². The van der Waals surface area contributed by atoms with E-state index in [-0.39, 0.29) is 64.7 Å². The van der Waals surface area contributed by atoms with Gasteiger partial charge in [-0.15, -0.1) is 0 Å². The first-order valence-electron chi connectivity index (χ1n) is 13.6. The van der Waals surface area contributed by atoms with E-state index in [1.54, 1.807) is 26.0 Å². The molecule has 0 fully saturated rings. The Bertz CT molecular complexity index is 1650. The van der Waals surface area contributed by atoms with E-state index in [1.807, 2.05) is 0 Å². The molecule has 0 aliphatic carbocycles. The van der Waals surface area contributed by atoms with Crippen molar-refractivity contribution < 1.29 is 41.0 Å². The fraction of sp³-hybridized carbons (Fsp3) is 0.333. The second-order valence-electron chi connectivity index (χ2n) is 10.5. The largest absolute Gasteiger partial charge is 0.489 e. The van der Waals surface area contributed by atoms with E-state index in [9.17, 15) is 36.3 Å². The fourth-order valence-electron chi connectivity index (χ4n) is 4.56. The van der Waals surface area contributed by atoms with Gasteiger partial charge in [-0.1, -0.05) is 30.7 Å². The highest BCUT2D eigenvalue weighted by atomic mass is 35.5. The molecule has 4 rings (SSSR count). The smallest absolute Gasteiger partial charge is 0.416 e. The molecule has 2 atom stereocenters. The van der Waals surface area contributed by atoms with Crippen LogP contribution in [0.15, 0.2) is 65.6 Å². The average molecular weight is 654 g/mol. The summed E-state index contributed by atoms with van der Waals surface area (Å²) in [7, 11) is -4.04. The molecule has 236 valence electrons. The monoisotopic (exact) mass is 653 g/mol. The molecule has 1 heterocycles. The summed E-state index contributed by atoms with van der Waals surface area (Å²) in [4.78, 5) is 26.3. The molecule has 0 bridgehead atoms. The molecule has 0 radical (unpaired) electrons. The molecule has 0 aromatic heterocycles. The molecule has 0 saturated carbocycles. The summed E-state index contributed by atoms with van der Waals surface area (Å²) in [6.45, 7) is 3.40. The van der Waals surface area contributed by atoms with Crippen LogP contribution in [0.1, 0.15) is 46.4 Å². The van der Waals surface area contributed by atoms with Crippen LogP contribution in [0.4, 0.5) is 18.9 Å². The van der Waals surface area contributed by atoms with Crippen LogP contribution in [0.3, 0.4) is 0 Å². The van der Waals surface area contributed by atoms with Crippen molar-refractivity contribution in [1.82, 2.24) is 10.6 Å². The summed E-state index contributed by atoms with van der Waals surface area (Å²) in [5.41, 5.74) is -0.337. The number of anilines is 1. The van der Waals surface area contributed by atoms with Crippen LogP contribution < -0.4 is 19.7 Å². The van der Waals surface area contributed by atoms with Crippen molar-refractivity contribution in [2.75, 3.05) is 30.6 Å². The molecule has 14 heteroatoms. The molecule has 44 heavy (non-hydrogen) atoms. The highest BCUT2D eigenvalue weighted by molar-refractivity contribution is 7.92. The van der Waals surface area contributed by atoms with Gasteiger partial charge in [-0.2, -0.15) is 13.2 Å². The molecular formula is C30H31ClF3N3O6S. The molecule has 3 aromatic carbocycles. The van der Waals surface area contributed by atoms with Gasteiger partial charge in [0.25, 0.3) is 15.9 Å². The van der Waals surface area contributed by atoms with Crippen LogP contribution in [0, 0.1) is 12.8 Å². The second kappa shape index (κ2) is 13.4. The molecule has 0 saturated heterocycles. The Morgan fingerprint density at radius 2 is 1.86 bits per heavy atom. The van der Waals surface area contributed by atoms with E-state index < -0.39 is 46.0 Å². The summed E-state index contributed by atoms with van der Waals surface area (Å²) < 4.78 is 74.5. The van der Waals surface area contributed by atoms with Crippen molar-refractivity contribution in [2.45, 2.75) is 37.4 Å². The van der Waals surface area contributed by atoms with Gasteiger partial charge >= 0.3 is 6.18 Å². The number of hydrogen-bond donors (Lipinski definition) is 3. The predicted octanol–water partition coefficient (Wildman–Crippen LogP) is 4.86. The van der Waals surface area contributed by atoms with Crippen molar-refractivity contribution in [3.63, 3.8) is 0 Å². The van der Waals surface area contributed by atoms with Crippen molar-refractivity contribution in [2.24, 2.45) is 5.92 Å². The number of aryl methyl sites for hydroxylation is 1. The van der Waals surface area contributed by atoms with Gasteiger partial charge < -0.3 is 20.5 Å². The average Bonchev–Trinajstić information content (AvgIpc) is 2.98. The molecule has 1 aliphatic rings. The van der Waals surface area contributed by atoms with Gasteiger partial charge in [0, 0.05) is 23.7 Å². The highest BCUT2D eigenvalue weighted by Crippen LogP contribution is 2.37. The van der Waals surface area contributed by atoms with Crippen molar-refractivity contribution in [1.29, 1.82) is 0 Å². The Kier molecular flexibility index (Phi) is 10.1. The van der Waals surface area contributed by atoms with E-state index in [2.05, 4.69) is 10.6 Å². The fourth-order valence-corrected chi connectivity index (χ4v) is 6.37. The van der Waals surface area contributed by atoms with E-state index in [1.165, 1.54) is 30.3 Å². The second-order valence-corrected chi connectivity index (χ2v) is 12.8. The first-order chi connectivity index (χ1) is 20.7. The molecule has 0 spiro atoms. The summed E-state index contributed by atoms with van der Waals surface area (Å²) in [5.74, 6) is -1.45. The van der Waals surface area contributed by atoms with Gasteiger partial charge in [0.15, 0.2) is 0 Å². The summed E-state index contributed by atoms with van der Waals surface area (Å²) >= 11 is 6.26. The number of amides is 2. The number of carbonyl (C=O) groups excluding carboxylic acids is 2. The topological polar surface area (TPSA) is 125 Å². The molecule has 1 aliphatic heterocycles.